The average molecular weight is 195 g/mol. The van der Waals surface area contributed by atoms with Gasteiger partial charge in [-0.1, -0.05) is 18.2 Å². The molecule has 0 heterocycles. The number of methoxy groups -OCH3 is 1. The fraction of sp³-hybridized carbons (Fsp3) is 0.400. The van der Waals surface area contributed by atoms with E-state index in [4.69, 9.17) is 10.6 Å². The average Bonchev–Trinajstić information content (AvgIpc) is 2.19. The maximum atomic E-state index is 5.48. The molecule has 0 radical (unpaired) electrons. The zero-order valence-corrected chi connectivity index (χ0v) is 8.82. The Morgan fingerprint density at radius 3 is 2.50 bits per heavy atom. The molecule has 0 spiro atoms. The molecule has 0 aliphatic rings. The quantitative estimate of drug-likeness (QED) is 0.422. The van der Waals surface area contributed by atoms with Gasteiger partial charge in [0.2, 0.25) is 0 Å². The Bertz CT molecular complexity index is 288. The minimum Gasteiger partial charge on any atom is -0.496 e. The van der Waals surface area contributed by atoms with Gasteiger partial charge in [0.25, 0.3) is 0 Å². The number of nitrogens with one attached hydrogen (secondary N) is 1. The third-order valence-electron chi connectivity index (χ3n) is 2.11. The van der Waals surface area contributed by atoms with Crippen LogP contribution >= 0.6 is 0 Å². The molecular weight excluding hydrogens is 178 g/mol. The fourth-order valence-corrected chi connectivity index (χ4v) is 1.41. The molecule has 0 aromatic heterocycles. The molecule has 0 aliphatic heterocycles. The first-order valence-corrected chi connectivity index (χ1v) is 4.46. The van der Waals surface area contributed by atoms with Crippen molar-refractivity contribution in [2.75, 3.05) is 21.2 Å². The third kappa shape index (κ3) is 2.23. The van der Waals surface area contributed by atoms with Crippen LogP contribution in [0.25, 0.3) is 0 Å². The summed E-state index contributed by atoms with van der Waals surface area (Å²) >= 11 is 0. The van der Waals surface area contributed by atoms with Crippen LogP contribution in [0.4, 0.5) is 0 Å². The Hall–Kier alpha value is -1.10. The van der Waals surface area contributed by atoms with Gasteiger partial charge in [-0.05, 0) is 20.2 Å². The molecule has 0 amide bonds. The normalized spacial score (nSPS) is 12.9. The van der Waals surface area contributed by atoms with Crippen LogP contribution in [-0.4, -0.2) is 26.1 Å². The second-order valence-electron chi connectivity index (χ2n) is 3.27. The molecule has 78 valence electrons. The van der Waals surface area contributed by atoms with Gasteiger partial charge in [0.15, 0.2) is 0 Å². The molecule has 4 heteroatoms. The first kappa shape index (κ1) is 11.0. The van der Waals surface area contributed by atoms with E-state index in [1.807, 2.05) is 43.3 Å². The summed E-state index contributed by atoms with van der Waals surface area (Å²) in [5, 5.41) is 0. The van der Waals surface area contributed by atoms with Crippen molar-refractivity contribution < 1.29 is 4.74 Å². The van der Waals surface area contributed by atoms with Crippen LogP contribution < -0.4 is 16.0 Å². The standard InChI is InChI=1S/C10H17N3O/c1-13(2)10(12-11)8-6-4-5-7-9(8)14-3/h4-7,10,12H,11H2,1-3H3. The van der Waals surface area contributed by atoms with E-state index in [1.165, 1.54) is 0 Å². The minimum atomic E-state index is -0.0360. The van der Waals surface area contributed by atoms with E-state index >= 15 is 0 Å². The Morgan fingerprint density at radius 2 is 2.00 bits per heavy atom. The first-order chi connectivity index (χ1) is 6.70. The Labute approximate surface area is 84.6 Å². The lowest BCUT2D eigenvalue weighted by atomic mass is 10.1. The molecule has 1 atom stereocenters. The summed E-state index contributed by atoms with van der Waals surface area (Å²) in [5.74, 6) is 6.32. The molecule has 3 N–H and O–H groups in total. The van der Waals surface area contributed by atoms with Gasteiger partial charge in [-0.15, -0.1) is 0 Å². The largest absolute Gasteiger partial charge is 0.496 e. The van der Waals surface area contributed by atoms with E-state index in [0.717, 1.165) is 11.3 Å². The summed E-state index contributed by atoms with van der Waals surface area (Å²) < 4.78 is 5.26. The summed E-state index contributed by atoms with van der Waals surface area (Å²) in [5.41, 5.74) is 3.77. The molecule has 0 aliphatic carbocycles. The molecule has 1 aromatic carbocycles. The highest BCUT2D eigenvalue weighted by Gasteiger charge is 2.15. The molecule has 1 aromatic rings. The van der Waals surface area contributed by atoms with E-state index in [9.17, 15) is 0 Å². The maximum Gasteiger partial charge on any atom is 0.125 e. The van der Waals surface area contributed by atoms with Crippen LogP contribution in [0.15, 0.2) is 24.3 Å². The molecule has 1 rings (SSSR count). The van der Waals surface area contributed by atoms with E-state index in [2.05, 4.69) is 5.43 Å². The van der Waals surface area contributed by atoms with Gasteiger partial charge in [0, 0.05) is 5.56 Å². The smallest absolute Gasteiger partial charge is 0.125 e. The molecule has 0 fully saturated rings. The molecule has 0 saturated carbocycles. The van der Waals surface area contributed by atoms with Gasteiger partial charge in [-0.2, -0.15) is 0 Å². The van der Waals surface area contributed by atoms with Crippen molar-refractivity contribution in [2.45, 2.75) is 6.17 Å². The zero-order valence-electron chi connectivity index (χ0n) is 8.82. The van der Waals surface area contributed by atoms with Gasteiger partial charge < -0.3 is 4.74 Å². The number of hydrazine groups is 1. The van der Waals surface area contributed by atoms with Crippen LogP contribution in [0, 0.1) is 0 Å². The Balaban J connectivity index is 3.02. The number of nitrogens with two attached hydrogens (primary N) is 1. The number of para-hydroxylation sites is 1. The lowest BCUT2D eigenvalue weighted by molar-refractivity contribution is 0.245. The predicted octanol–water partition coefficient (Wildman–Crippen LogP) is 0.719. The summed E-state index contributed by atoms with van der Waals surface area (Å²) in [4.78, 5) is 1.98. The topological polar surface area (TPSA) is 50.5 Å². The fourth-order valence-electron chi connectivity index (χ4n) is 1.41. The minimum absolute atomic E-state index is 0.0360. The van der Waals surface area contributed by atoms with Gasteiger partial charge in [-0.3, -0.25) is 10.7 Å². The van der Waals surface area contributed by atoms with Crippen molar-refractivity contribution in [1.82, 2.24) is 10.3 Å². The zero-order chi connectivity index (χ0) is 10.6. The number of ether oxygens (including phenoxy) is 1. The summed E-state index contributed by atoms with van der Waals surface area (Å²) in [6.45, 7) is 0. The summed E-state index contributed by atoms with van der Waals surface area (Å²) in [6, 6.07) is 7.81. The molecule has 14 heavy (non-hydrogen) atoms. The SMILES string of the molecule is COc1ccccc1C(NN)N(C)C. The monoisotopic (exact) mass is 195 g/mol. The third-order valence-corrected chi connectivity index (χ3v) is 2.11. The van der Waals surface area contributed by atoms with Crippen molar-refractivity contribution in [1.29, 1.82) is 0 Å². The highest BCUT2D eigenvalue weighted by atomic mass is 16.5. The molecule has 0 bridgehead atoms. The van der Waals surface area contributed by atoms with Gasteiger partial charge >= 0.3 is 0 Å². The van der Waals surface area contributed by atoms with Crippen LogP contribution in [-0.2, 0) is 0 Å². The van der Waals surface area contributed by atoms with Gasteiger partial charge in [0.1, 0.15) is 11.9 Å². The van der Waals surface area contributed by atoms with E-state index < -0.39 is 0 Å². The number of hydrogen-bond donors (Lipinski definition) is 2. The van der Waals surface area contributed by atoms with E-state index in [1.54, 1.807) is 7.11 Å². The second kappa shape index (κ2) is 4.95. The summed E-state index contributed by atoms with van der Waals surface area (Å²) in [7, 11) is 5.57. The van der Waals surface area contributed by atoms with Crippen molar-refractivity contribution in [3.63, 3.8) is 0 Å². The lowest BCUT2D eigenvalue weighted by Gasteiger charge is -2.25. The van der Waals surface area contributed by atoms with E-state index in [0.29, 0.717) is 0 Å². The molecule has 4 nitrogen and oxygen atoms in total. The summed E-state index contributed by atoms with van der Waals surface area (Å²) in [6.07, 6.45) is -0.0360. The second-order valence-corrected chi connectivity index (χ2v) is 3.27. The molecule has 0 saturated heterocycles. The first-order valence-electron chi connectivity index (χ1n) is 4.46. The Kier molecular flexibility index (Phi) is 3.88. The van der Waals surface area contributed by atoms with Crippen molar-refractivity contribution in [3.05, 3.63) is 29.8 Å². The van der Waals surface area contributed by atoms with Crippen molar-refractivity contribution in [3.8, 4) is 5.75 Å². The maximum absolute atomic E-state index is 5.48. The molecular formula is C10H17N3O. The van der Waals surface area contributed by atoms with Crippen LogP contribution in [0.1, 0.15) is 11.7 Å². The van der Waals surface area contributed by atoms with Gasteiger partial charge in [0.05, 0.1) is 7.11 Å². The van der Waals surface area contributed by atoms with Crippen LogP contribution in [0.3, 0.4) is 0 Å². The van der Waals surface area contributed by atoms with Crippen LogP contribution in [0.5, 0.6) is 5.75 Å². The van der Waals surface area contributed by atoms with Crippen LogP contribution in [0.2, 0.25) is 0 Å². The number of rotatable bonds is 4. The highest BCUT2D eigenvalue weighted by Crippen LogP contribution is 2.24. The lowest BCUT2D eigenvalue weighted by Crippen LogP contribution is -2.37. The Morgan fingerprint density at radius 1 is 1.36 bits per heavy atom. The molecule has 1 unspecified atom stereocenters. The highest BCUT2D eigenvalue weighted by molar-refractivity contribution is 5.35. The van der Waals surface area contributed by atoms with Crippen molar-refractivity contribution in [2.24, 2.45) is 5.84 Å². The number of hydrogen-bond acceptors (Lipinski definition) is 4. The van der Waals surface area contributed by atoms with Crippen molar-refractivity contribution >= 4 is 0 Å². The van der Waals surface area contributed by atoms with E-state index in [-0.39, 0.29) is 6.17 Å². The number of nitrogens with zero attached hydrogens (tertiary/aromatic N) is 1. The predicted molar refractivity (Wildman–Crippen MR) is 56.7 cm³/mol. The van der Waals surface area contributed by atoms with Gasteiger partial charge in [-0.25, -0.2) is 5.43 Å². The number of benzene rings is 1.